The average Bonchev–Trinajstić information content (AvgIpc) is 2.90. The lowest BCUT2D eigenvalue weighted by molar-refractivity contribution is 0.112. The zero-order valence-electron chi connectivity index (χ0n) is 10.5. The summed E-state index contributed by atoms with van der Waals surface area (Å²) in [6, 6.07) is 15.3. The van der Waals surface area contributed by atoms with Gasteiger partial charge in [-0.3, -0.25) is 4.79 Å². The fourth-order valence-corrected chi connectivity index (χ4v) is 3.10. The molecule has 0 saturated carbocycles. The van der Waals surface area contributed by atoms with Crippen molar-refractivity contribution in [3.63, 3.8) is 0 Å². The summed E-state index contributed by atoms with van der Waals surface area (Å²) in [5.74, 6) is 0.600. The number of carbonyl (C=O) groups is 1. The van der Waals surface area contributed by atoms with Crippen LogP contribution in [0.25, 0.3) is 10.8 Å². The molecule has 3 rings (SSSR count). The molecule has 0 N–H and O–H groups in total. The lowest BCUT2D eigenvalue weighted by Gasteiger charge is -2.09. The Balaban J connectivity index is 1.93. The number of fused-ring (bicyclic) bond motifs is 1. The Hall–Kier alpha value is -1.84. The van der Waals surface area contributed by atoms with Gasteiger partial charge >= 0.3 is 0 Å². The normalized spacial score (nSPS) is 10.7. The summed E-state index contributed by atoms with van der Waals surface area (Å²) in [6.07, 6.45) is 0.846. The largest absolute Gasteiger partial charge is 0.487 e. The van der Waals surface area contributed by atoms with Gasteiger partial charge in [0.1, 0.15) is 12.4 Å². The third kappa shape index (κ3) is 2.55. The molecule has 0 atom stereocenters. The summed E-state index contributed by atoms with van der Waals surface area (Å²) in [4.78, 5) is 12.4. The van der Waals surface area contributed by atoms with Crippen LogP contribution in [0.5, 0.6) is 5.75 Å². The van der Waals surface area contributed by atoms with Gasteiger partial charge in [-0.15, -0.1) is 11.3 Å². The van der Waals surface area contributed by atoms with Crippen molar-refractivity contribution in [3.8, 4) is 5.75 Å². The highest BCUT2D eigenvalue weighted by molar-refractivity contribution is 7.16. The third-order valence-corrected chi connectivity index (χ3v) is 4.25. The van der Waals surface area contributed by atoms with Crippen LogP contribution < -0.4 is 4.74 Å². The first-order chi connectivity index (χ1) is 9.78. The molecule has 0 radical (unpaired) electrons. The molecule has 0 aliphatic carbocycles. The lowest BCUT2D eigenvalue weighted by Crippen LogP contribution is -1.97. The quantitative estimate of drug-likeness (QED) is 0.638. The van der Waals surface area contributed by atoms with Crippen LogP contribution in [-0.4, -0.2) is 6.29 Å². The summed E-state index contributed by atoms with van der Waals surface area (Å²) >= 11 is 7.36. The number of hydrogen-bond acceptors (Lipinski definition) is 3. The number of ether oxygens (including phenoxy) is 1. The molecule has 1 aromatic heterocycles. The number of carbonyl (C=O) groups excluding carboxylic acids is 1. The number of halogens is 1. The Morgan fingerprint density at radius 1 is 1.10 bits per heavy atom. The molecular weight excluding hydrogens is 292 g/mol. The molecule has 0 spiro atoms. The van der Waals surface area contributed by atoms with Gasteiger partial charge in [-0.1, -0.05) is 41.9 Å². The molecular formula is C16H11ClO2S. The fourth-order valence-electron chi connectivity index (χ4n) is 2.10. The number of aldehydes is 1. The van der Waals surface area contributed by atoms with E-state index in [1.807, 2.05) is 48.5 Å². The maximum absolute atomic E-state index is 11.4. The lowest BCUT2D eigenvalue weighted by atomic mass is 10.0. The maximum atomic E-state index is 11.4. The summed E-state index contributed by atoms with van der Waals surface area (Å²) in [6.45, 7) is 0.413. The highest BCUT2D eigenvalue weighted by atomic mass is 35.5. The van der Waals surface area contributed by atoms with Crippen molar-refractivity contribution in [1.29, 1.82) is 0 Å². The minimum absolute atomic E-state index is 0.413. The zero-order valence-corrected chi connectivity index (χ0v) is 12.1. The van der Waals surface area contributed by atoms with E-state index in [-0.39, 0.29) is 0 Å². The van der Waals surface area contributed by atoms with Crippen molar-refractivity contribution in [2.75, 3.05) is 0 Å². The van der Waals surface area contributed by atoms with E-state index in [1.165, 1.54) is 11.3 Å². The van der Waals surface area contributed by atoms with Gasteiger partial charge < -0.3 is 4.74 Å². The molecule has 1 heterocycles. The zero-order chi connectivity index (χ0) is 13.9. The van der Waals surface area contributed by atoms with Gasteiger partial charge in [-0.2, -0.15) is 0 Å². The average molecular weight is 303 g/mol. The van der Waals surface area contributed by atoms with E-state index in [9.17, 15) is 4.79 Å². The highest BCUT2D eigenvalue weighted by Gasteiger charge is 2.08. The van der Waals surface area contributed by atoms with E-state index in [4.69, 9.17) is 16.3 Å². The third-order valence-electron chi connectivity index (χ3n) is 3.05. The van der Waals surface area contributed by atoms with Gasteiger partial charge in [0.05, 0.1) is 9.90 Å². The molecule has 0 aliphatic rings. The van der Waals surface area contributed by atoms with Crippen molar-refractivity contribution in [3.05, 3.63) is 63.3 Å². The van der Waals surface area contributed by atoms with Crippen LogP contribution in [-0.2, 0) is 6.61 Å². The van der Waals surface area contributed by atoms with Crippen LogP contribution in [0.2, 0.25) is 4.34 Å². The second kappa shape index (κ2) is 5.65. The topological polar surface area (TPSA) is 26.3 Å². The molecule has 0 unspecified atom stereocenters. The molecule has 2 nitrogen and oxygen atoms in total. The van der Waals surface area contributed by atoms with Crippen LogP contribution in [0.15, 0.2) is 48.5 Å². The molecule has 2 aromatic carbocycles. The molecule has 20 heavy (non-hydrogen) atoms. The van der Waals surface area contributed by atoms with Crippen molar-refractivity contribution in [1.82, 2.24) is 0 Å². The van der Waals surface area contributed by atoms with Crippen LogP contribution in [0.1, 0.15) is 15.2 Å². The SMILES string of the molecule is O=Cc1c(OCc2ccc(Cl)s2)ccc2ccccc12. The minimum atomic E-state index is 0.413. The van der Waals surface area contributed by atoms with Crippen molar-refractivity contribution < 1.29 is 9.53 Å². The summed E-state index contributed by atoms with van der Waals surface area (Å²) in [5.41, 5.74) is 0.589. The van der Waals surface area contributed by atoms with E-state index in [0.29, 0.717) is 17.9 Å². The maximum Gasteiger partial charge on any atom is 0.154 e. The van der Waals surface area contributed by atoms with Gasteiger partial charge in [0, 0.05) is 4.88 Å². The van der Waals surface area contributed by atoms with Gasteiger partial charge in [0.2, 0.25) is 0 Å². The molecule has 3 aromatic rings. The van der Waals surface area contributed by atoms with Gasteiger partial charge in [-0.05, 0) is 29.0 Å². The smallest absolute Gasteiger partial charge is 0.154 e. The van der Waals surface area contributed by atoms with Crippen molar-refractivity contribution in [2.45, 2.75) is 6.61 Å². The monoisotopic (exact) mass is 302 g/mol. The number of benzene rings is 2. The van der Waals surface area contributed by atoms with E-state index < -0.39 is 0 Å². The Morgan fingerprint density at radius 3 is 2.70 bits per heavy atom. The van der Waals surface area contributed by atoms with Crippen LogP contribution in [0, 0.1) is 0 Å². The Kier molecular flexibility index (Phi) is 3.72. The predicted molar refractivity (Wildman–Crippen MR) is 83.0 cm³/mol. The Morgan fingerprint density at radius 2 is 1.95 bits per heavy atom. The van der Waals surface area contributed by atoms with E-state index in [1.54, 1.807) is 0 Å². The molecule has 0 aliphatic heterocycles. The van der Waals surface area contributed by atoms with Crippen molar-refractivity contribution in [2.24, 2.45) is 0 Å². The summed E-state index contributed by atoms with van der Waals surface area (Å²) < 4.78 is 6.49. The standard InChI is InChI=1S/C16H11ClO2S/c17-16-8-6-12(20-16)10-19-15-7-5-11-3-1-2-4-13(11)14(15)9-18/h1-9H,10H2. The van der Waals surface area contributed by atoms with Crippen LogP contribution >= 0.6 is 22.9 Å². The van der Waals surface area contributed by atoms with Crippen molar-refractivity contribution >= 4 is 40.0 Å². The first kappa shape index (κ1) is 13.2. The molecule has 0 amide bonds. The van der Waals surface area contributed by atoms with Crippen LogP contribution in [0.3, 0.4) is 0 Å². The second-order valence-corrected chi connectivity index (χ2v) is 6.11. The summed E-state index contributed by atoms with van der Waals surface area (Å²) in [7, 11) is 0. The molecule has 0 saturated heterocycles. The molecule has 100 valence electrons. The number of thiophene rings is 1. The van der Waals surface area contributed by atoms with Gasteiger partial charge in [-0.25, -0.2) is 0 Å². The molecule has 0 fully saturated rings. The second-order valence-electron chi connectivity index (χ2n) is 4.31. The summed E-state index contributed by atoms with van der Waals surface area (Å²) in [5, 5.41) is 1.94. The Labute approximate surface area is 125 Å². The Bertz CT molecular complexity index is 764. The highest BCUT2D eigenvalue weighted by Crippen LogP contribution is 2.28. The number of rotatable bonds is 4. The first-order valence-electron chi connectivity index (χ1n) is 6.12. The molecule has 4 heteroatoms. The van der Waals surface area contributed by atoms with E-state index in [0.717, 1.165) is 26.3 Å². The van der Waals surface area contributed by atoms with Crippen LogP contribution in [0.4, 0.5) is 0 Å². The first-order valence-corrected chi connectivity index (χ1v) is 7.31. The predicted octanol–water partition coefficient (Wildman–Crippen LogP) is 4.95. The fraction of sp³-hybridized carbons (Fsp3) is 0.0625. The van der Waals surface area contributed by atoms with E-state index in [2.05, 4.69) is 0 Å². The van der Waals surface area contributed by atoms with Gasteiger partial charge in [0.25, 0.3) is 0 Å². The number of hydrogen-bond donors (Lipinski definition) is 0. The minimum Gasteiger partial charge on any atom is -0.487 e. The molecule has 0 bridgehead atoms. The van der Waals surface area contributed by atoms with E-state index >= 15 is 0 Å². The van der Waals surface area contributed by atoms with Gasteiger partial charge in [0.15, 0.2) is 6.29 Å².